The summed E-state index contributed by atoms with van der Waals surface area (Å²) in [6.07, 6.45) is 3.40. The van der Waals surface area contributed by atoms with Crippen LogP contribution in [-0.2, 0) is 12.8 Å². The van der Waals surface area contributed by atoms with Crippen LogP contribution in [-0.4, -0.2) is 13.2 Å². The van der Waals surface area contributed by atoms with Crippen molar-refractivity contribution in [2.75, 3.05) is 12.4 Å². The van der Waals surface area contributed by atoms with Crippen molar-refractivity contribution < 1.29 is 4.74 Å². The summed E-state index contributed by atoms with van der Waals surface area (Å²) in [6.45, 7) is 2.12. The molecule has 0 aromatic heterocycles. The number of hydrogen-bond acceptors (Lipinski definition) is 2. The molecule has 2 aromatic rings. The maximum Gasteiger partial charge on any atom is 0.119 e. The Hall–Kier alpha value is -1.96. The van der Waals surface area contributed by atoms with Gasteiger partial charge in [-0.1, -0.05) is 23.8 Å². The zero-order valence-corrected chi connectivity index (χ0v) is 12.1. The molecule has 0 spiro atoms. The van der Waals surface area contributed by atoms with Crippen LogP contribution in [0.4, 0.5) is 5.69 Å². The van der Waals surface area contributed by atoms with E-state index in [9.17, 15) is 0 Å². The molecule has 1 N–H and O–H groups in total. The summed E-state index contributed by atoms with van der Waals surface area (Å²) in [6, 6.07) is 15.6. The van der Waals surface area contributed by atoms with E-state index in [4.69, 9.17) is 4.74 Å². The van der Waals surface area contributed by atoms with Crippen molar-refractivity contribution >= 4 is 5.69 Å². The summed E-state index contributed by atoms with van der Waals surface area (Å²) in [4.78, 5) is 0. The number of aryl methyl sites for hydroxylation is 2. The standard InChI is InChI=1S/C18H21NO/c1-13-3-7-16(8-4-13)19-17-9-5-14-6-10-18(20-2)12-15(14)11-17/h3-4,6-8,10,12,17,19H,5,9,11H2,1-2H3. The van der Waals surface area contributed by atoms with Gasteiger partial charge in [-0.15, -0.1) is 0 Å². The van der Waals surface area contributed by atoms with E-state index in [-0.39, 0.29) is 0 Å². The molecule has 20 heavy (non-hydrogen) atoms. The molecule has 0 amide bonds. The lowest BCUT2D eigenvalue weighted by molar-refractivity contribution is 0.413. The number of methoxy groups -OCH3 is 1. The summed E-state index contributed by atoms with van der Waals surface area (Å²) in [5.74, 6) is 0.958. The highest BCUT2D eigenvalue weighted by atomic mass is 16.5. The summed E-state index contributed by atoms with van der Waals surface area (Å²) in [5.41, 5.74) is 5.40. The average Bonchev–Trinajstić information content (AvgIpc) is 2.49. The Balaban J connectivity index is 1.73. The summed E-state index contributed by atoms with van der Waals surface area (Å²) >= 11 is 0. The minimum atomic E-state index is 0.511. The van der Waals surface area contributed by atoms with Gasteiger partial charge >= 0.3 is 0 Å². The van der Waals surface area contributed by atoms with Gasteiger partial charge in [-0.25, -0.2) is 0 Å². The SMILES string of the molecule is COc1ccc2c(c1)CC(Nc1ccc(C)cc1)CC2. The normalized spacial score (nSPS) is 17.4. The molecule has 1 aliphatic carbocycles. The molecule has 104 valence electrons. The van der Waals surface area contributed by atoms with Crippen LogP contribution in [0.5, 0.6) is 5.75 Å². The van der Waals surface area contributed by atoms with Gasteiger partial charge in [-0.2, -0.15) is 0 Å². The Bertz CT molecular complexity index is 589. The second-order valence-electron chi connectivity index (χ2n) is 5.58. The highest BCUT2D eigenvalue weighted by molar-refractivity contribution is 5.47. The summed E-state index contributed by atoms with van der Waals surface area (Å²) in [7, 11) is 1.73. The van der Waals surface area contributed by atoms with Gasteiger partial charge < -0.3 is 10.1 Å². The van der Waals surface area contributed by atoms with E-state index in [1.807, 2.05) is 0 Å². The zero-order chi connectivity index (χ0) is 13.9. The highest BCUT2D eigenvalue weighted by Gasteiger charge is 2.18. The van der Waals surface area contributed by atoms with Crippen LogP contribution >= 0.6 is 0 Å². The molecule has 0 aliphatic heterocycles. The van der Waals surface area contributed by atoms with Crippen molar-refractivity contribution in [1.82, 2.24) is 0 Å². The lowest BCUT2D eigenvalue weighted by atomic mass is 9.88. The molecule has 1 aliphatic rings. The van der Waals surface area contributed by atoms with Gasteiger partial charge in [0.15, 0.2) is 0 Å². The molecule has 0 saturated carbocycles. The quantitative estimate of drug-likeness (QED) is 0.908. The molecule has 0 bridgehead atoms. The lowest BCUT2D eigenvalue weighted by Gasteiger charge is -2.26. The molecular formula is C18H21NO. The third-order valence-corrected chi connectivity index (χ3v) is 4.06. The van der Waals surface area contributed by atoms with Crippen LogP contribution in [0.15, 0.2) is 42.5 Å². The maximum absolute atomic E-state index is 5.33. The largest absolute Gasteiger partial charge is 0.497 e. The Morgan fingerprint density at radius 1 is 1.05 bits per heavy atom. The van der Waals surface area contributed by atoms with Gasteiger partial charge in [-0.05, 0) is 61.6 Å². The Kier molecular flexibility index (Phi) is 3.64. The van der Waals surface area contributed by atoms with E-state index in [2.05, 4.69) is 54.7 Å². The van der Waals surface area contributed by atoms with Crippen molar-refractivity contribution in [3.63, 3.8) is 0 Å². The lowest BCUT2D eigenvalue weighted by Crippen LogP contribution is -2.27. The average molecular weight is 267 g/mol. The smallest absolute Gasteiger partial charge is 0.119 e. The first-order valence-corrected chi connectivity index (χ1v) is 7.23. The van der Waals surface area contributed by atoms with Crippen molar-refractivity contribution in [3.8, 4) is 5.75 Å². The second-order valence-corrected chi connectivity index (χ2v) is 5.58. The predicted octanol–water partition coefficient (Wildman–Crippen LogP) is 3.97. The fourth-order valence-corrected chi connectivity index (χ4v) is 2.87. The molecular weight excluding hydrogens is 246 g/mol. The first-order chi connectivity index (χ1) is 9.74. The number of hydrogen-bond donors (Lipinski definition) is 1. The molecule has 2 aromatic carbocycles. The summed E-state index contributed by atoms with van der Waals surface area (Å²) in [5, 5.41) is 3.65. The van der Waals surface area contributed by atoms with Crippen LogP contribution in [0.25, 0.3) is 0 Å². The molecule has 2 nitrogen and oxygen atoms in total. The van der Waals surface area contributed by atoms with Crippen molar-refractivity contribution in [2.45, 2.75) is 32.2 Å². The summed E-state index contributed by atoms with van der Waals surface area (Å²) < 4.78 is 5.33. The number of rotatable bonds is 3. The minimum Gasteiger partial charge on any atom is -0.497 e. The maximum atomic E-state index is 5.33. The van der Waals surface area contributed by atoms with Crippen LogP contribution in [0.3, 0.4) is 0 Å². The zero-order valence-electron chi connectivity index (χ0n) is 12.1. The third kappa shape index (κ3) is 2.79. The van der Waals surface area contributed by atoms with E-state index in [0.717, 1.165) is 18.6 Å². The van der Waals surface area contributed by atoms with Gasteiger partial charge in [0.1, 0.15) is 5.75 Å². The number of benzene rings is 2. The van der Waals surface area contributed by atoms with Crippen LogP contribution in [0.2, 0.25) is 0 Å². The van der Waals surface area contributed by atoms with Gasteiger partial charge in [-0.3, -0.25) is 0 Å². The fraction of sp³-hybridized carbons (Fsp3) is 0.333. The van der Waals surface area contributed by atoms with Crippen molar-refractivity contribution in [2.24, 2.45) is 0 Å². The van der Waals surface area contributed by atoms with Crippen LogP contribution in [0.1, 0.15) is 23.1 Å². The van der Waals surface area contributed by atoms with Gasteiger partial charge in [0, 0.05) is 11.7 Å². The number of fused-ring (bicyclic) bond motifs is 1. The molecule has 0 saturated heterocycles. The van der Waals surface area contributed by atoms with Gasteiger partial charge in [0.05, 0.1) is 7.11 Å². The molecule has 1 unspecified atom stereocenters. The van der Waals surface area contributed by atoms with Gasteiger partial charge in [0.2, 0.25) is 0 Å². The first kappa shape index (κ1) is 13.0. The Morgan fingerprint density at radius 2 is 1.85 bits per heavy atom. The molecule has 3 rings (SSSR count). The fourth-order valence-electron chi connectivity index (χ4n) is 2.87. The molecule has 0 radical (unpaired) electrons. The minimum absolute atomic E-state index is 0.511. The molecule has 1 atom stereocenters. The third-order valence-electron chi connectivity index (χ3n) is 4.06. The van der Waals surface area contributed by atoms with Crippen molar-refractivity contribution in [3.05, 3.63) is 59.2 Å². The van der Waals surface area contributed by atoms with E-state index in [1.165, 1.54) is 28.8 Å². The van der Waals surface area contributed by atoms with E-state index >= 15 is 0 Å². The number of anilines is 1. The van der Waals surface area contributed by atoms with Crippen LogP contribution in [0, 0.1) is 6.92 Å². The Labute approximate surface area is 120 Å². The highest BCUT2D eigenvalue weighted by Crippen LogP contribution is 2.27. The van der Waals surface area contributed by atoms with E-state index in [0.29, 0.717) is 6.04 Å². The molecule has 0 heterocycles. The van der Waals surface area contributed by atoms with E-state index < -0.39 is 0 Å². The predicted molar refractivity (Wildman–Crippen MR) is 83.6 cm³/mol. The second kappa shape index (κ2) is 5.58. The topological polar surface area (TPSA) is 21.3 Å². The Morgan fingerprint density at radius 3 is 2.60 bits per heavy atom. The van der Waals surface area contributed by atoms with E-state index in [1.54, 1.807) is 7.11 Å². The first-order valence-electron chi connectivity index (χ1n) is 7.23. The molecule has 0 fully saturated rings. The van der Waals surface area contributed by atoms with Crippen LogP contribution < -0.4 is 10.1 Å². The monoisotopic (exact) mass is 267 g/mol. The molecule has 2 heteroatoms. The number of nitrogens with one attached hydrogen (secondary N) is 1. The van der Waals surface area contributed by atoms with Gasteiger partial charge in [0.25, 0.3) is 0 Å². The van der Waals surface area contributed by atoms with Crippen molar-refractivity contribution in [1.29, 1.82) is 0 Å². The number of ether oxygens (including phenoxy) is 1.